The number of halogens is 6. The Hall–Kier alpha value is -3.43. The van der Waals surface area contributed by atoms with Gasteiger partial charge in [-0.05, 0) is 32.9 Å². The number of carbonyl (C=O) groups is 2. The van der Waals surface area contributed by atoms with Crippen LogP contribution < -0.4 is 4.90 Å². The number of carboxylic acids is 2. The molecule has 0 bridgehead atoms. The van der Waals surface area contributed by atoms with E-state index in [9.17, 15) is 26.3 Å². The van der Waals surface area contributed by atoms with Crippen molar-refractivity contribution in [1.82, 2.24) is 24.6 Å². The minimum Gasteiger partial charge on any atom is -0.475 e. The lowest BCUT2D eigenvalue weighted by molar-refractivity contribution is -0.193. The van der Waals surface area contributed by atoms with E-state index in [1.807, 2.05) is 6.07 Å². The van der Waals surface area contributed by atoms with Crippen LogP contribution in [0, 0.1) is 13.8 Å². The molecule has 0 aliphatic carbocycles. The highest BCUT2D eigenvalue weighted by Crippen LogP contribution is 2.16. The van der Waals surface area contributed by atoms with E-state index >= 15 is 0 Å². The summed E-state index contributed by atoms with van der Waals surface area (Å²) in [4.78, 5) is 31.2. The third-order valence-electron chi connectivity index (χ3n) is 4.68. The van der Waals surface area contributed by atoms with Gasteiger partial charge >= 0.3 is 24.3 Å². The topological polar surface area (TPSA) is 125 Å². The maximum atomic E-state index is 10.6. The third-order valence-corrected chi connectivity index (χ3v) is 4.68. The van der Waals surface area contributed by atoms with Gasteiger partial charge in [-0.3, -0.25) is 9.58 Å². The standard InChI is InChI=1S/C16H24N6.2C2HF3O2/c1-13-11-14(2)22(19-13)15(3)12-20-7-9-21(10-8-20)16-17-5-4-6-18-16;2*3-2(4,5)1(6)7/h4-6,11,15H,7-10,12H2,1-3H3;2*(H,6,7). The highest BCUT2D eigenvalue weighted by Gasteiger charge is 2.38. The van der Waals surface area contributed by atoms with Crippen LogP contribution >= 0.6 is 0 Å². The molecule has 36 heavy (non-hydrogen) atoms. The summed E-state index contributed by atoms with van der Waals surface area (Å²) < 4.78 is 65.6. The first-order valence-electron chi connectivity index (χ1n) is 10.4. The number of aryl methyl sites for hydroxylation is 2. The predicted octanol–water partition coefficient (Wildman–Crippen LogP) is 2.94. The minimum absolute atomic E-state index is 0.397. The summed E-state index contributed by atoms with van der Waals surface area (Å²) in [5.74, 6) is -4.67. The molecule has 1 unspecified atom stereocenters. The van der Waals surface area contributed by atoms with Gasteiger partial charge in [0.1, 0.15) is 0 Å². The molecule has 0 amide bonds. The Bertz CT molecular complexity index is 951. The van der Waals surface area contributed by atoms with Crippen LogP contribution in [0.1, 0.15) is 24.4 Å². The third kappa shape index (κ3) is 10.5. The van der Waals surface area contributed by atoms with E-state index < -0.39 is 24.3 Å². The molecule has 3 heterocycles. The van der Waals surface area contributed by atoms with Crippen LogP contribution in [-0.4, -0.2) is 91.9 Å². The maximum absolute atomic E-state index is 10.6. The van der Waals surface area contributed by atoms with Crippen molar-refractivity contribution in [2.45, 2.75) is 39.2 Å². The molecule has 2 N–H and O–H groups in total. The number of rotatable bonds is 4. The fourth-order valence-corrected chi connectivity index (χ4v) is 3.13. The summed E-state index contributed by atoms with van der Waals surface area (Å²) in [5, 5.41) is 18.8. The van der Waals surface area contributed by atoms with E-state index in [-0.39, 0.29) is 0 Å². The van der Waals surface area contributed by atoms with Crippen molar-refractivity contribution < 1.29 is 46.1 Å². The lowest BCUT2D eigenvalue weighted by atomic mass is 10.2. The minimum atomic E-state index is -5.08. The normalized spacial score (nSPS) is 15.2. The molecule has 0 aromatic carbocycles. The van der Waals surface area contributed by atoms with Crippen LogP contribution in [0.4, 0.5) is 32.3 Å². The summed E-state index contributed by atoms with van der Waals surface area (Å²) in [6.45, 7) is 11.5. The van der Waals surface area contributed by atoms with Gasteiger partial charge in [-0.2, -0.15) is 31.4 Å². The van der Waals surface area contributed by atoms with Gasteiger partial charge in [0.25, 0.3) is 0 Å². The highest BCUT2D eigenvalue weighted by molar-refractivity contribution is 5.73. The van der Waals surface area contributed by atoms with Crippen LogP contribution in [0.5, 0.6) is 0 Å². The predicted molar refractivity (Wildman–Crippen MR) is 114 cm³/mol. The van der Waals surface area contributed by atoms with Crippen molar-refractivity contribution in [2.75, 3.05) is 37.6 Å². The Kier molecular flexibility index (Phi) is 11.1. The van der Waals surface area contributed by atoms with Crippen molar-refractivity contribution in [3.05, 3.63) is 35.9 Å². The van der Waals surface area contributed by atoms with Gasteiger partial charge < -0.3 is 15.1 Å². The lowest BCUT2D eigenvalue weighted by Gasteiger charge is -2.36. The Morgan fingerprint density at radius 1 is 0.944 bits per heavy atom. The average molecular weight is 528 g/mol. The molecule has 16 heteroatoms. The first-order valence-corrected chi connectivity index (χ1v) is 10.4. The Morgan fingerprint density at radius 3 is 1.75 bits per heavy atom. The first kappa shape index (κ1) is 30.6. The largest absolute Gasteiger partial charge is 0.490 e. The molecule has 10 nitrogen and oxygen atoms in total. The van der Waals surface area contributed by atoms with Gasteiger partial charge in [-0.25, -0.2) is 19.6 Å². The zero-order chi connectivity index (χ0) is 27.7. The second kappa shape index (κ2) is 13.0. The van der Waals surface area contributed by atoms with E-state index in [0.717, 1.165) is 44.4 Å². The smallest absolute Gasteiger partial charge is 0.475 e. The second-order valence-electron chi connectivity index (χ2n) is 7.66. The van der Waals surface area contributed by atoms with Crippen molar-refractivity contribution in [1.29, 1.82) is 0 Å². The zero-order valence-corrected chi connectivity index (χ0v) is 19.6. The number of anilines is 1. The molecule has 1 atom stereocenters. The SMILES string of the molecule is Cc1cc(C)n(C(C)CN2CCN(c3ncccn3)CC2)n1.O=C(O)C(F)(F)F.O=C(O)C(F)(F)F. The van der Waals surface area contributed by atoms with Crippen LogP contribution in [0.3, 0.4) is 0 Å². The number of piperazine rings is 1. The number of aromatic nitrogens is 4. The van der Waals surface area contributed by atoms with Gasteiger partial charge in [0.2, 0.25) is 5.95 Å². The molecule has 1 aliphatic rings. The van der Waals surface area contributed by atoms with E-state index in [0.29, 0.717) is 6.04 Å². The Morgan fingerprint density at radius 2 is 1.39 bits per heavy atom. The molecule has 1 fully saturated rings. The van der Waals surface area contributed by atoms with E-state index in [1.54, 1.807) is 12.4 Å². The van der Waals surface area contributed by atoms with Gasteiger partial charge in [0.05, 0.1) is 11.7 Å². The average Bonchev–Trinajstić information content (AvgIpc) is 3.12. The number of hydrogen-bond acceptors (Lipinski definition) is 7. The molecule has 202 valence electrons. The molecule has 0 spiro atoms. The summed E-state index contributed by atoms with van der Waals surface area (Å²) in [7, 11) is 0. The van der Waals surface area contributed by atoms with Gasteiger partial charge in [-0.15, -0.1) is 0 Å². The fraction of sp³-hybridized carbons (Fsp3) is 0.550. The van der Waals surface area contributed by atoms with Gasteiger partial charge in [0, 0.05) is 50.8 Å². The molecule has 2 aromatic heterocycles. The summed E-state index contributed by atoms with van der Waals surface area (Å²) in [6, 6.07) is 4.39. The molecule has 1 saturated heterocycles. The summed E-state index contributed by atoms with van der Waals surface area (Å²) in [5.41, 5.74) is 2.33. The quantitative estimate of drug-likeness (QED) is 0.577. The number of hydrogen-bond donors (Lipinski definition) is 2. The summed E-state index contributed by atoms with van der Waals surface area (Å²) in [6.07, 6.45) is -6.56. The van der Waals surface area contributed by atoms with Crippen molar-refractivity contribution >= 4 is 17.9 Å². The van der Waals surface area contributed by atoms with Crippen molar-refractivity contribution in [3.8, 4) is 0 Å². The van der Waals surface area contributed by atoms with Crippen LogP contribution in [0.2, 0.25) is 0 Å². The fourth-order valence-electron chi connectivity index (χ4n) is 3.13. The monoisotopic (exact) mass is 528 g/mol. The molecular formula is C20H26F6N6O4. The highest BCUT2D eigenvalue weighted by atomic mass is 19.4. The first-order chi connectivity index (χ1) is 16.5. The van der Waals surface area contributed by atoms with Gasteiger partial charge in [-0.1, -0.05) is 0 Å². The molecule has 1 aliphatic heterocycles. The zero-order valence-electron chi connectivity index (χ0n) is 19.6. The van der Waals surface area contributed by atoms with Crippen molar-refractivity contribution in [3.63, 3.8) is 0 Å². The van der Waals surface area contributed by atoms with Gasteiger partial charge in [0.15, 0.2) is 0 Å². The molecule has 3 rings (SSSR count). The van der Waals surface area contributed by atoms with Crippen LogP contribution in [0.25, 0.3) is 0 Å². The number of carboxylic acid groups (broad SMARTS) is 2. The van der Waals surface area contributed by atoms with Crippen molar-refractivity contribution in [2.24, 2.45) is 0 Å². The van der Waals surface area contributed by atoms with E-state index in [4.69, 9.17) is 19.8 Å². The van der Waals surface area contributed by atoms with E-state index in [2.05, 4.69) is 56.4 Å². The second-order valence-corrected chi connectivity index (χ2v) is 7.66. The lowest BCUT2D eigenvalue weighted by Crippen LogP contribution is -2.48. The Labute approximate surface area is 202 Å². The molecule has 2 aromatic rings. The number of nitrogens with zero attached hydrogens (tertiary/aromatic N) is 6. The maximum Gasteiger partial charge on any atom is 0.490 e. The van der Waals surface area contributed by atoms with Crippen LogP contribution in [0.15, 0.2) is 24.5 Å². The number of alkyl halides is 6. The van der Waals surface area contributed by atoms with Crippen LogP contribution in [-0.2, 0) is 9.59 Å². The molecule has 0 radical (unpaired) electrons. The van der Waals surface area contributed by atoms with E-state index in [1.165, 1.54) is 5.69 Å². The number of aliphatic carboxylic acids is 2. The molecular weight excluding hydrogens is 502 g/mol. The Balaban J connectivity index is 0.000000383. The summed E-state index contributed by atoms with van der Waals surface area (Å²) >= 11 is 0. The molecule has 0 saturated carbocycles.